The number of ketones is 2. The van der Waals surface area contributed by atoms with Gasteiger partial charge in [0, 0.05) is 30.9 Å². The lowest BCUT2D eigenvalue weighted by Gasteiger charge is -2.13. The maximum atomic E-state index is 11.0. The Morgan fingerprint density at radius 3 is 2.69 bits per heavy atom. The molecule has 0 saturated carbocycles. The zero-order chi connectivity index (χ0) is 9.59. The van der Waals surface area contributed by atoms with Crippen molar-refractivity contribution in [3.05, 3.63) is 23.4 Å². The van der Waals surface area contributed by atoms with Gasteiger partial charge in [0.05, 0.1) is 6.10 Å². The Kier molecular flexibility index (Phi) is 1.60. The molecule has 1 atom stereocenters. The largest absolute Gasteiger partial charge is 0.386 e. The van der Waals surface area contributed by atoms with Gasteiger partial charge in [-0.25, -0.2) is 0 Å². The summed E-state index contributed by atoms with van der Waals surface area (Å²) in [4.78, 5) is 23.8. The minimum Gasteiger partial charge on any atom is -0.386 e. The van der Waals surface area contributed by atoms with E-state index < -0.39 is 17.7 Å². The van der Waals surface area contributed by atoms with Gasteiger partial charge in [-0.1, -0.05) is 0 Å². The molecule has 68 valence electrons. The number of hydrogen-bond acceptors (Lipinski definition) is 4. The van der Waals surface area contributed by atoms with Crippen molar-refractivity contribution >= 4 is 11.6 Å². The fourth-order valence-electron chi connectivity index (χ4n) is 1.62. The summed E-state index contributed by atoms with van der Waals surface area (Å²) in [5.74, 6) is -1.06. The minimum absolute atomic E-state index is 0.443. The number of likely N-dealkylation sites (tertiary alicyclic amines) is 1. The molecule has 1 heterocycles. The molecule has 0 spiro atoms. The number of fused-ring (bicyclic) bond motifs is 1. The van der Waals surface area contributed by atoms with Crippen LogP contribution in [0.3, 0.4) is 0 Å². The van der Waals surface area contributed by atoms with Gasteiger partial charge in [0.2, 0.25) is 11.6 Å². The number of rotatable bonds is 0. The number of hydrogen-bond donors (Lipinski definition) is 1. The van der Waals surface area contributed by atoms with Crippen molar-refractivity contribution < 1.29 is 14.7 Å². The van der Waals surface area contributed by atoms with Crippen LogP contribution >= 0.6 is 0 Å². The third kappa shape index (κ3) is 1.10. The van der Waals surface area contributed by atoms with Crippen molar-refractivity contribution in [3.63, 3.8) is 0 Å². The molecule has 0 aromatic heterocycles. The van der Waals surface area contributed by atoms with Gasteiger partial charge in [0.25, 0.3) is 0 Å². The Morgan fingerprint density at radius 1 is 1.38 bits per heavy atom. The normalized spacial score (nSPS) is 27.2. The van der Waals surface area contributed by atoms with E-state index in [1.54, 1.807) is 11.9 Å². The molecular formula is C9H9NO3. The van der Waals surface area contributed by atoms with Crippen molar-refractivity contribution in [2.45, 2.75) is 6.10 Å². The van der Waals surface area contributed by atoms with E-state index in [9.17, 15) is 14.7 Å². The smallest absolute Gasteiger partial charge is 0.227 e. The van der Waals surface area contributed by atoms with E-state index in [1.807, 2.05) is 0 Å². The Bertz CT molecular complexity index is 320. The topological polar surface area (TPSA) is 57.6 Å². The number of carbonyl (C=O) groups excluding carboxylic acids is 2. The lowest BCUT2D eigenvalue weighted by molar-refractivity contribution is -0.131. The molecule has 1 aliphatic heterocycles. The van der Waals surface area contributed by atoms with Gasteiger partial charge in [0.15, 0.2) is 0 Å². The summed E-state index contributed by atoms with van der Waals surface area (Å²) < 4.78 is 0. The van der Waals surface area contributed by atoms with Crippen LogP contribution in [-0.2, 0) is 9.59 Å². The number of β-amino-alcohol motifs (C(OH)–C–C–N with tert-alkyl or cyclic N) is 1. The fourth-order valence-corrected chi connectivity index (χ4v) is 1.62. The third-order valence-electron chi connectivity index (χ3n) is 2.31. The highest BCUT2D eigenvalue weighted by Gasteiger charge is 2.32. The number of aliphatic hydroxyl groups excluding tert-OH is 1. The molecule has 2 rings (SSSR count). The third-order valence-corrected chi connectivity index (χ3v) is 2.31. The van der Waals surface area contributed by atoms with Crippen LogP contribution in [-0.4, -0.2) is 41.3 Å². The molecule has 0 amide bonds. The van der Waals surface area contributed by atoms with Gasteiger partial charge < -0.3 is 10.0 Å². The summed E-state index contributed by atoms with van der Waals surface area (Å²) in [6, 6.07) is 0. The monoisotopic (exact) mass is 179 g/mol. The van der Waals surface area contributed by atoms with E-state index in [0.717, 1.165) is 0 Å². The first-order valence-corrected chi connectivity index (χ1v) is 4.01. The Balaban J connectivity index is 2.47. The molecule has 1 N–H and O–H groups in total. The number of carbonyl (C=O) groups is 2. The Labute approximate surface area is 75.1 Å². The van der Waals surface area contributed by atoms with E-state index >= 15 is 0 Å². The van der Waals surface area contributed by atoms with Gasteiger partial charge >= 0.3 is 0 Å². The standard InChI is InChI=1S/C9H9NO3/c1-10-4-9(13)5-2-7(11)8(12)3-6(5)10/h2-3,9,13H,4H2,1H3/t9-/m1/s1. The SMILES string of the molecule is CN1C[C@@H](O)C2=CC(=O)C(=O)C=C21. The zero-order valence-electron chi connectivity index (χ0n) is 7.15. The Hall–Kier alpha value is -1.42. The van der Waals surface area contributed by atoms with Crippen molar-refractivity contribution in [1.82, 2.24) is 4.90 Å². The highest BCUT2D eigenvalue weighted by Crippen LogP contribution is 2.28. The van der Waals surface area contributed by atoms with Crippen molar-refractivity contribution in [1.29, 1.82) is 0 Å². The minimum atomic E-state index is -0.645. The van der Waals surface area contributed by atoms with Crippen LogP contribution in [0.25, 0.3) is 0 Å². The van der Waals surface area contributed by atoms with Crippen molar-refractivity contribution in [3.8, 4) is 0 Å². The molecule has 2 aliphatic rings. The molecule has 1 saturated heterocycles. The van der Waals surface area contributed by atoms with E-state index in [1.165, 1.54) is 12.2 Å². The summed E-state index contributed by atoms with van der Waals surface area (Å²) >= 11 is 0. The Morgan fingerprint density at radius 2 is 2.00 bits per heavy atom. The van der Waals surface area contributed by atoms with Gasteiger partial charge in [0.1, 0.15) is 0 Å². The van der Waals surface area contributed by atoms with Crippen LogP contribution in [0.5, 0.6) is 0 Å². The predicted octanol–water partition coefficient (Wildman–Crippen LogP) is -0.745. The van der Waals surface area contributed by atoms with E-state index in [4.69, 9.17) is 0 Å². The van der Waals surface area contributed by atoms with Gasteiger partial charge in [-0.05, 0) is 6.08 Å². The summed E-state index contributed by atoms with van der Waals surface area (Å²) in [5, 5.41) is 9.48. The van der Waals surface area contributed by atoms with Crippen LogP contribution in [0, 0.1) is 0 Å². The summed E-state index contributed by atoms with van der Waals surface area (Å²) in [5.41, 5.74) is 1.23. The maximum Gasteiger partial charge on any atom is 0.227 e. The highest BCUT2D eigenvalue weighted by atomic mass is 16.3. The average Bonchev–Trinajstić information content (AvgIpc) is 2.31. The molecule has 0 aromatic carbocycles. The maximum absolute atomic E-state index is 11.0. The molecule has 0 radical (unpaired) electrons. The van der Waals surface area contributed by atoms with Gasteiger partial charge in [-0.2, -0.15) is 0 Å². The molecule has 0 aromatic rings. The van der Waals surface area contributed by atoms with Crippen LogP contribution in [0.4, 0.5) is 0 Å². The number of aliphatic hydroxyl groups is 1. The fraction of sp³-hybridized carbons (Fsp3) is 0.333. The summed E-state index contributed by atoms with van der Waals surface area (Å²) in [6.07, 6.45) is 1.87. The summed E-state index contributed by atoms with van der Waals surface area (Å²) in [6.45, 7) is 0.443. The van der Waals surface area contributed by atoms with E-state index in [2.05, 4.69) is 0 Å². The van der Waals surface area contributed by atoms with Gasteiger partial charge in [-0.15, -0.1) is 0 Å². The second kappa shape index (κ2) is 2.53. The van der Waals surface area contributed by atoms with Crippen LogP contribution in [0.15, 0.2) is 23.4 Å². The second-order valence-electron chi connectivity index (χ2n) is 3.25. The molecule has 13 heavy (non-hydrogen) atoms. The number of likely N-dealkylation sites (N-methyl/N-ethyl adjacent to an activating group) is 1. The van der Waals surface area contributed by atoms with Crippen molar-refractivity contribution in [2.75, 3.05) is 13.6 Å². The van der Waals surface area contributed by atoms with E-state index in [0.29, 0.717) is 17.8 Å². The predicted molar refractivity (Wildman–Crippen MR) is 44.8 cm³/mol. The van der Waals surface area contributed by atoms with Gasteiger partial charge in [-0.3, -0.25) is 9.59 Å². The lowest BCUT2D eigenvalue weighted by Crippen LogP contribution is -2.18. The highest BCUT2D eigenvalue weighted by molar-refractivity contribution is 6.46. The first-order chi connectivity index (χ1) is 6.09. The molecule has 1 fully saturated rings. The van der Waals surface area contributed by atoms with Crippen molar-refractivity contribution in [2.24, 2.45) is 0 Å². The first-order valence-electron chi connectivity index (χ1n) is 4.01. The van der Waals surface area contributed by atoms with Crippen LogP contribution in [0.2, 0.25) is 0 Å². The van der Waals surface area contributed by atoms with Crippen LogP contribution < -0.4 is 0 Å². The number of nitrogens with zero attached hydrogens (tertiary/aromatic N) is 1. The molecule has 1 aliphatic carbocycles. The molecular weight excluding hydrogens is 170 g/mol. The molecule has 0 bridgehead atoms. The first kappa shape index (κ1) is 8.19. The zero-order valence-corrected chi connectivity index (χ0v) is 7.15. The molecule has 4 nitrogen and oxygen atoms in total. The lowest BCUT2D eigenvalue weighted by atomic mass is 10.0. The molecule has 0 unspecified atom stereocenters. The number of allylic oxidation sites excluding steroid dienone is 2. The quantitative estimate of drug-likeness (QED) is 0.393. The molecule has 4 heteroatoms. The van der Waals surface area contributed by atoms with Crippen LogP contribution in [0.1, 0.15) is 0 Å². The summed E-state index contributed by atoms with van der Waals surface area (Å²) in [7, 11) is 1.78. The second-order valence-corrected chi connectivity index (χ2v) is 3.25. The van der Waals surface area contributed by atoms with E-state index in [-0.39, 0.29) is 0 Å². The average molecular weight is 179 g/mol.